The van der Waals surface area contributed by atoms with Crippen molar-refractivity contribution in [3.05, 3.63) is 24.3 Å². The van der Waals surface area contributed by atoms with Crippen LogP contribution in [0.3, 0.4) is 0 Å². The fourth-order valence-corrected chi connectivity index (χ4v) is 3.13. The van der Waals surface area contributed by atoms with E-state index in [1.807, 2.05) is 29.2 Å². The number of amides is 2. The molecule has 1 aromatic carbocycles. The van der Waals surface area contributed by atoms with Gasteiger partial charge < -0.3 is 19.3 Å². The van der Waals surface area contributed by atoms with Gasteiger partial charge in [0.2, 0.25) is 11.8 Å². The summed E-state index contributed by atoms with van der Waals surface area (Å²) in [6.07, 6.45) is 1.48. The highest BCUT2D eigenvalue weighted by molar-refractivity contribution is 5.97. The van der Waals surface area contributed by atoms with Crippen LogP contribution in [0.1, 0.15) is 26.2 Å². The number of para-hydroxylation sites is 2. The Hall–Kier alpha value is -2.08. The molecule has 0 saturated carbocycles. The number of carbonyl (C=O) groups is 2. The van der Waals surface area contributed by atoms with Crippen molar-refractivity contribution in [1.82, 2.24) is 4.90 Å². The third-order valence-electron chi connectivity index (χ3n) is 4.53. The average Bonchev–Trinajstić information content (AvgIpc) is 2.65. The lowest BCUT2D eigenvalue weighted by molar-refractivity contribution is -0.140. The molecule has 2 aliphatic rings. The van der Waals surface area contributed by atoms with Gasteiger partial charge in [-0.3, -0.25) is 9.59 Å². The van der Waals surface area contributed by atoms with Crippen LogP contribution in [0.4, 0.5) is 5.69 Å². The number of hydrogen-bond acceptors (Lipinski definition) is 4. The van der Waals surface area contributed by atoms with E-state index < -0.39 is 0 Å². The lowest BCUT2D eigenvalue weighted by atomic mass is 10.1. The van der Waals surface area contributed by atoms with Gasteiger partial charge in [-0.15, -0.1) is 0 Å². The maximum absolute atomic E-state index is 12.5. The largest absolute Gasteiger partial charge is 0.490 e. The molecule has 24 heavy (non-hydrogen) atoms. The fourth-order valence-electron chi connectivity index (χ4n) is 3.13. The Morgan fingerprint density at radius 2 is 1.92 bits per heavy atom. The van der Waals surface area contributed by atoms with Crippen LogP contribution in [-0.4, -0.2) is 55.7 Å². The molecule has 1 unspecified atom stereocenters. The van der Waals surface area contributed by atoms with Gasteiger partial charge in [0, 0.05) is 25.9 Å². The number of ether oxygens (including phenoxy) is 2. The molecular weight excluding hydrogens is 308 g/mol. The fraction of sp³-hybridized carbons (Fsp3) is 0.556. The molecule has 0 radical (unpaired) electrons. The standard InChI is InChI=1S/C18H24N2O4/c1-2-14-13-19(9-11-23-14)17(21)7-8-18(22)20-10-12-24-16-6-4-3-5-15(16)20/h3-6,14H,2,7-13H2,1H3. The minimum Gasteiger partial charge on any atom is -0.490 e. The Morgan fingerprint density at radius 3 is 2.75 bits per heavy atom. The zero-order chi connectivity index (χ0) is 16.9. The second-order valence-corrected chi connectivity index (χ2v) is 6.10. The summed E-state index contributed by atoms with van der Waals surface area (Å²) in [4.78, 5) is 28.5. The third-order valence-corrected chi connectivity index (χ3v) is 4.53. The SMILES string of the molecule is CCC1CN(C(=O)CCC(=O)N2CCOc3ccccc32)CCO1. The molecule has 0 aliphatic carbocycles. The summed E-state index contributed by atoms with van der Waals surface area (Å²) in [6.45, 7) is 4.89. The zero-order valence-electron chi connectivity index (χ0n) is 14.1. The van der Waals surface area contributed by atoms with Gasteiger partial charge >= 0.3 is 0 Å². The molecule has 0 aromatic heterocycles. The van der Waals surface area contributed by atoms with Crippen LogP contribution < -0.4 is 9.64 Å². The maximum atomic E-state index is 12.5. The molecule has 1 aromatic rings. The van der Waals surface area contributed by atoms with E-state index in [1.165, 1.54) is 0 Å². The number of benzene rings is 1. The van der Waals surface area contributed by atoms with E-state index in [1.54, 1.807) is 4.90 Å². The van der Waals surface area contributed by atoms with Gasteiger partial charge in [0.05, 0.1) is 24.9 Å². The minimum absolute atomic E-state index is 0.0283. The summed E-state index contributed by atoms with van der Waals surface area (Å²) in [5.41, 5.74) is 0.790. The summed E-state index contributed by atoms with van der Waals surface area (Å²) in [7, 11) is 0. The molecule has 2 aliphatic heterocycles. The van der Waals surface area contributed by atoms with Crippen LogP contribution in [0.25, 0.3) is 0 Å². The molecule has 1 fully saturated rings. The Balaban J connectivity index is 1.55. The van der Waals surface area contributed by atoms with E-state index >= 15 is 0 Å². The first kappa shape index (κ1) is 16.8. The molecule has 1 saturated heterocycles. The van der Waals surface area contributed by atoms with E-state index in [-0.39, 0.29) is 30.8 Å². The normalized spacial score (nSPS) is 20.3. The lowest BCUT2D eigenvalue weighted by Gasteiger charge is -2.33. The number of morpholine rings is 1. The second kappa shape index (κ2) is 7.66. The summed E-state index contributed by atoms with van der Waals surface area (Å²) in [5.74, 6) is 0.730. The van der Waals surface area contributed by atoms with Gasteiger partial charge in [-0.25, -0.2) is 0 Å². The van der Waals surface area contributed by atoms with Crippen LogP contribution >= 0.6 is 0 Å². The van der Waals surface area contributed by atoms with Crippen LogP contribution in [0.5, 0.6) is 5.75 Å². The summed E-state index contributed by atoms with van der Waals surface area (Å²) >= 11 is 0. The van der Waals surface area contributed by atoms with Crippen molar-refractivity contribution >= 4 is 17.5 Å². The van der Waals surface area contributed by atoms with E-state index in [9.17, 15) is 9.59 Å². The van der Waals surface area contributed by atoms with Crippen LogP contribution in [0.15, 0.2) is 24.3 Å². The quantitative estimate of drug-likeness (QED) is 0.844. The van der Waals surface area contributed by atoms with Gasteiger partial charge in [0.25, 0.3) is 0 Å². The molecular formula is C18H24N2O4. The van der Waals surface area contributed by atoms with Gasteiger partial charge in [-0.2, -0.15) is 0 Å². The third kappa shape index (κ3) is 3.70. The predicted octanol–water partition coefficient (Wildman–Crippen LogP) is 1.83. The van der Waals surface area contributed by atoms with Crippen LogP contribution in [-0.2, 0) is 14.3 Å². The van der Waals surface area contributed by atoms with E-state index in [0.29, 0.717) is 32.8 Å². The Bertz CT molecular complexity index is 604. The first-order valence-electron chi connectivity index (χ1n) is 8.60. The summed E-state index contributed by atoms with van der Waals surface area (Å²) < 4.78 is 11.2. The monoisotopic (exact) mass is 332 g/mol. The molecule has 6 nitrogen and oxygen atoms in total. The molecule has 130 valence electrons. The van der Waals surface area contributed by atoms with Gasteiger partial charge in [0.15, 0.2) is 0 Å². The molecule has 0 spiro atoms. The summed E-state index contributed by atoms with van der Waals surface area (Å²) in [6, 6.07) is 7.51. The smallest absolute Gasteiger partial charge is 0.227 e. The first-order valence-corrected chi connectivity index (χ1v) is 8.60. The molecule has 2 heterocycles. The minimum atomic E-state index is -0.0283. The number of carbonyl (C=O) groups excluding carboxylic acids is 2. The van der Waals surface area contributed by atoms with Gasteiger partial charge in [-0.1, -0.05) is 19.1 Å². The van der Waals surface area contributed by atoms with E-state index in [0.717, 1.165) is 17.9 Å². The number of hydrogen-bond donors (Lipinski definition) is 0. The van der Waals surface area contributed by atoms with E-state index in [4.69, 9.17) is 9.47 Å². The number of rotatable bonds is 4. The molecule has 0 N–H and O–H groups in total. The molecule has 6 heteroatoms. The Kier molecular flexibility index (Phi) is 5.35. The highest BCUT2D eigenvalue weighted by Crippen LogP contribution is 2.31. The van der Waals surface area contributed by atoms with Gasteiger partial charge in [0.1, 0.15) is 12.4 Å². The van der Waals surface area contributed by atoms with Crippen molar-refractivity contribution in [2.45, 2.75) is 32.3 Å². The molecule has 3 rings (SSSR count). The number of nitrogens with zero attached hydrogens (tertiary/aromatic N) is 2. The highest BCUT2D eigenvalue weighted by Gasteiger charge is 2.26. The van der Waals surface area contributed by atoms with Crippen molar-refractivity contribution in [2.75, 3.05) is 37.7 Å². The highest BCUT2D eigenvalue weighted by atomic mass is 16.5. The van der Waals surface area contributed by atoms with E-state index in [2.05, 4.69) is 6.92 Å². The maximum Gasteiger partial charge on any atom is 0.227 e. The number of anilines is 1. The van der Waals surface area contributed by atoms with Crippen molar-refractivity contribution in [3.8, 4) is 5.75 Å². The summed E-state index contributed by atoms with van der Waals surface area (Å²) in [5, 5.41) is 0. The lowest BCUT2D eigenvalue weighted by Crippen LogP contribution is -2.45. The average molecular weight is 332 g/mol. The first-order chi connectivity index (χ1) is 11.7. The predicted molar refractivity (Wildman–Crippen MR) is 90.1 cm³/mol. The molecule has 0 bridgehead atoms. The van der Waals surface area contributed by atoms with Crippen molar-refractivity contribution in [1.29, 1.82) is 0 Å². The molecule has 1 atom stereocenters. The Labute approximate surface area is 142 Å². The Morgan fingerprint density at radius 1 is 1.12 bits per heavy atom. The molecule has 2 amide bonds. The van der Waals surface area contributed by atoms with Gasteiger partial charge in [-0.05, 0) is 18.6 Å². The number of fused-ring (bicyclic) bond motifs is 1. The van der Waals surface area contributed by atoms with Crippen LogP contribution in [0, 0.1) is 0 Å². The zero-order valence-corrected chi connectivity index (χ0v) is 14.1. The second-order valence-electron chi connectivity index (χ2n) is 6.10. The van der Waals surface area contributed by atoms with Crippen LogP contribution in [0.2, 0.25) is 0 Å². The van der Waals surface area contributed by atoms with Crippen molar-refractivity contribution in [2.24, 2.45) is 0 Å². The van der Waals surface area contributed by atoms with Crippen molar-refractivity contribution in [3.63, 3.8) is 0 Å². The van der Waals surface area contributed by atoms with Crippen molar-refractivity contribution < 1.29 is 19.1 Å². The topological polar surface area (TPSA) is 59.1 Å².